The van der Waals surface area contributed by atoms with Crippen molar-refractivity contribution in [1.82, 2.24) is 29.9 Å². The Morgan fingerprint density at radius 2 is 1.87 bits per heavy atom. The number of likely N-dealkylation sites (N-methyl/N-ethyl adjacent to an activating group) is 1. The molecule has 0 aliphatic carbocycles. The molecule has 2 amide bonds. The number of carbonyl (C=O) groups is 3. The summed E-state index contributed by atoms with van der Waals surface area (Å²) in [7, 11) is 5.24. The number of para-hydroxylation sites is 1. The van der Waals surface area contributed by atoms with Gasteiger partial charge in [-0.1, -0.05) is 23.7 Å². The molecule has 11 nitrogen and oxygen atoms in total. The summed E-state index contributed by atoms with van der Waals surface area (Å²) in [6.45, 7) is 1.37. The second kappa shape index (κ2) is 12.1. The Morgan fingerprint density at radius 3 is 2.60 bits per heavy atom. The molecular weight excluding hydrogens is 594 g/mol. The molecule has 0 saturated carbocycles. The molecule has 12 heteroatoms. The Kier molecular flexibility index (Phi) is 8.05. The van der Waals surface area contributed by atoms with Crippen LogP contribution in [0, 0.1) is 0 Å². The van der Waals surface area contributed by atoms with E-state index in [1.54, 1.807) is 80.8 Å². The number of rotatable bonds is 8. The molecule has 0 spiro atoms. The van der Waals surface area contributed by atoms with Crippen LogP contribution in [-0.4, -0.2) is 82.4 Å². The van der Waals surface area contributed by atoms with Crippen LogP contribution < -0.4 is 15.8 Å². The third kappa shape index (κ3) is 5.75. The minimum absolute atomic E-state index is 0.0335. The summed E-state index contributed by atoms with van der Waals surface area (Å²) >= 11 is 6.62. The van der Waals surface area contributed by atoms with Gasteiger partial charge in [-0.05, 0) is 62.0 Å². The highest BCUT2D eigenvalue weighted by Gasteiger charge is 2.26. The van der Waals surface area contributed by atoms with E-state index < -0.39 is 0 Å². The fourth-order valence-electron chi connectivity index (χ4n) is 5.44. The van der Waals surface area contributed by atoms with E-state index in [1.807, 2.05) is 11.9 Å². The number of H-pyrrole nitrogens is 1. The van der Waals surface area contributed by atoms with Crippen molar-refractivity contribution >= 4 is 45.9 Å². The SMILES string of the molecule is CNC1CCN(C(=O)c2ccc3[nH]c(C(=O)c4cnn(-c5ccc(Oc6ccccc6C(=O)N(C)C)cc5Cl)c4N)cc3c2)C1. The molecule has 0 bridgehead atoms. The number of nitrogen functional groups attached to an aromatic ring is 1. The van der Waals surface area contributed by atoms with Crippen molar-refractivity contribution in [3.63, 3.8) is 0 Å². The Bertz CT molecular complexity index is 1950. The van der Waals surface area contributed by atoms with Gasteiger partial charge in [-0.2, -0.15) is 5.10 Å². The predicted octanol–water partition coefficient (Wildman–Crippen LogP) is 4.75. The molecule has 45 heavy (non-hydrogen) atoms. The van der Waals surface area contributed by atoms with Crippen molar-refractivity contribution in [2.24, 2.45) is 0 Å². The van der Waals surface area contributed by atoms with Crippen molar-refractivity contribution in [1.29, 1.82) is 0 Å². The third-order valence-corrected chi connectivity index (χ3v) is 8.25. The standard InChI is InChI=1S/C33H32ClN7O4/c1-36-21-12-13-40(18-21)32(43)19-8-10-26-20(14-19)15-27(38-26)30(42)24-17-37-41(31(24)35)28-11-9-22(16-25(28)34)45-29-7-5-4-6-23(29)33(44)39(2)3/h4-11,14-17,21,36,38H,12-13,18,35H2,1-3H3. The van der Waals surface area contributed by atoms with Gasteiger partial charge in [0.15, 0.2) is 0 Å². The molecule has 1 fully saturated rings. The minimum Gasteiger partial charge on any atom is -0.456 e. The molecule has 4 N–H and O–H groups in total. The van der Waals surface area contributed by atoms with Crippen molar-refractivity contribution in [2.45, 2.75) is 12.5 Å². The number of nitrogens with two attached hydrogens (primary N) is 1. The zero-order chi connectivity index (χ0) is 31.8. The highest BCUT2D eigenvalue weighted by molar-refractivity contribution is 6.32. The van der Waals surface area contributed by atoms with E-state index in [9.17, 15) is 14.4 Å². The van der Waals surface area contributed by atoms with Gasteiger partial charge < -0.3 is 30.6 Å². The van der Waals surface area contributed by atoms with Gasteiger partial charge in [0, 0.05) is 55.8 Å². The zero-order valence-electron chi connectivity index (χ0n) is 25.0. The van der Waals surface area contributed by atoms with Crippen LogP contribution in [0.3, 0.4) is 0 Å². The molecule has 1 aliphatic rings. The molecule has 1 saturated heterocycles. The first kappa shape index (κ1) is 29.9. The normalized spacial score (nSPS) is 14.6. The molecule has 6 rings (SSSR count). The average Bonchev–Trinajstić information content (AvgIpc) is 3.78. The molecule has 3 aromatic carbocycles. The number of aromatic nitrogens is 3. The third-order valence-electron chi connectivity index (χ3n) is 7.95. The lowest BCUT2D eigenvalue weighted by Gasteiger charge is -2.16. The first-order valence-corrected chi connectivity index (χ1v) is 14.8. The zero-order valence-corrected chi connectivity index (χ0v) is 25.8. The molecule has 2 aromatic heterocycles. The number of nitrogens with one attached hydrogen (secondary N) is 2. The Balaban J connectivity index is 1.22. The quantitative estimate of drug-likeness (QED) is 0.212. The molecule has 5 aromatic rings. The van der Waals surface area contributed by atoms with Crippen LogP contribution in [0.2, 0.25) is 5.02 Å². The summed E-state index contributed by atoms with van der Waals surface area (Å²) in [5.74, 6) is 0.335. The lowest BCUT2D eigenvalue weighted by molar-refractivity contribution is 0.0788. The fraction of sp³-hybridized carbons (Fsp3) is 0.212. The monoisotopic (exact) mass is 625 g/mol. The molecule has 1 atom stereocenters. The number of ether oxygens (including phenoxy) is 1. The van der Waals surface area contributed by atoms with E-state index in [4.69, 9.17) is 22.1 Å². The maximum atomic E-state index is 13.5. The number of hydrogen-bond donors (Lipinski definition) is 3. The van der Waals surface area contributed by atoms with Gasteiger partial charge >= 0.3 is 0 Å². The van der Waals surface area contributed by atoms with Gasteiger partial charge in [-0.25, -0.2) is 4.68 Å². The summed E-state index contributed by atoms with van der Waals surface area (Å²) in [5, 5.41) is 8.58. The van der Waals surface area contributed by atoms with Crippen LogP contribution in [0.5, 0.6) is 11.5 Å². The number of likely N-dealkylation sites (tertiary alicyclic amines) is 1. The number of hydrogen-bond acceptors (Lipinski definition) is 7. The first-order chi connectivity index (χ1) is 21.6. The summed E-state index contributed by atoms with van der Waals surface area (Å²) in [5.41, 5.74) is 9.08. The summed E-state index contributed by atoms with van der Waals surface area (Å²) < 4.78 is 7.38. The maximum Gasteiger partial charge on any atom is 0.257 e. The van der Waals surface area contributed by atoms with Crippen LogP contribution in [0.1, 0.15) is 43.2 Å². The number of carbonyl (C=O) groups excluding carboxylic acids is 3. The van der Waals surface area contributed by atoms with Crippen LogP contribution in [0.25, 0.3) is 16.6 Å². The van der Waals surface area contributed by atoms with Gasteiger partial charge in [-0.3, -0.25) is 14.4 Å². The van der Waals surface area contributed by atoms with Crippen molar-refractivity contribution in [3.8, 4) is 17.2 Å². The minimum atomic E-state index is -0.350. The fourth-order valence-corrected chi connectivity index (χ4v) is 5.69. The largest absolute Gasteiger partial charge is 0.456 e. The van der Waals surface area contributed by atoms with Crippen molar-refractivity contribution < 1.29 is 19.1 Å². The van der Waals surface area contributed by atoms with Gasteiger partial charge in [0.05, 0.1) is 33.7 Å². The van der Waals surface area contributed by atoms with E-state index in [-0.39, 0.29) is 34.0 Å². The lowest BCUT2D eigenvalue weighted by Crippen LogP contribution is -2.33. The van der Waals surface area contributed by atoms with E-state index in [0.717, 1.165) is 17.3 Å². The summed E-state index contributed by atoms with van der Waals surface area (Å²) in [6, 6.07) is 19.3. The first-order valence-electron chi connectivity index (χ1n) is 14.4. The van der Waals surface area contributed by atoms with Crippen LogP contribution in [0.15, 0.2) is 72.9 Å². The number of anilines is 1. The Hall–Kier alpha value is -5.13. The van der Waals surface area contributed by atoms with Crippen LogP contribution >= 0.6 is 11.6 Å². The maximum absolute atomic E-state index is 13.5. The van der Waals surface area contributed by atoms with E-state index >= 15 is 0 Å². The van der Waals surface area contributed by atoms with Gasteiger partial charge in [0.1, 0.15) is 17.3 Å². The number of nitrogens with zero attached hydrogens (tertiary/aromatic N) is 4. The Morgan fingerprint density at radius 1 is 1.07 bits per heavy atom. The van der Waals surface area contributed by atoms with E-state index in [0.29, 0.717) is 53.1 Å². The van der Waals surface area contributed by atoms with E-state index in [2.05, 4.69) is 15.4 Å². The number of ketones is 1. The second-order valence-corrected chi connectivity index (χ2v) is 11.5. The Labute approximate surface area is 264 Å². The summed E-state index contributed by atoms with van der Waals surface area (Å²) in [6.07, 6.45) is 2.31. The highest BCUT2D eigenvalue weighted by Crippen LogP contribution is 2.32. The topological polar surface area (TPSA) is 139 Å². The highest BCUT2D eigenvalue weighted by atomic mass is 35.5. The van der Waals surface area contributed by atoms with Crippen molar-refractivity contribution in [3.05, 3.63) is 100 Å². The number of amides is 2. The molecule has 1 unspecified atom stereocenters. The molecular formula is C33H32ClN7O4. The van der Waals surface area contributed by atoms with Gasteiger partial charge in [0.25, 0.3) is 11.8 Å². The average molecular weight is 626 g/mol. The predicted molar refractivity (Wildman–Crippen MR) is 173 cm³/mol. The lowest BCUT2D eigenvalue weighted by atomic mass is 10.1. The number of benzene rings is 3. The number of aromatic amines is 1. The van der Waals surface area contributed by atoms with E-state index in [1.165, 1.54) is 15.8 Å². The van der Waals surface area contributed by atoms with Gasteiger partial charge in [-0.15, -0.1) is 0 Å². The molecule has 0 radical (unpaired) electrons. The number of halogens is 1. The van der Waals surface area contributed by atoms with Crippen LogP contribution in [-0.2, 0) is 0 Å². The van der Waals surface area contributed by atoms with Crippen molar-refractivity contribution in [2.75, 3.05) is 40.0 Å². The second-order valence-electron chi connectivity index (χ2n) is 11.1. The molecule has 1 aliphatic heterocycles. The number of fused-ring (bicyclic) bond motifs is 1. The summed E-state index contributed by atoms with van der Waals surface area (Å²) in [4.78, 5) is 45.6. The molecule has 3 heterocycles. The van der Waals surface area contributed by atoms with Gasteiger partial charge in [0.2, 0.25) is 5.78 Å². The molecule has 230 valence electrons. The van der Waals surface area contributed by atoms with Crippen LogP contribution in [0.4, 0.5) is 5.82 Å². The smallest absolute Gasteiger partial charge is 0.257 e.